The molecule has 0 amide bonds. The first-order valence-corrected chi connectivity index (χ1v) is 6.22. The molecule has 2 unspecified atom stereocenters. The molecule has 2 atom stereocenters. The number of hydrogen-bond donors (Lipinski definition) is 2. The molecule has 1 aromatic heterocycles. The third kappa shape index (κ3) is 2.91. The van der Waals surface area contributed by atoms with Crippen molar-refractivity contribution in [2.24, 2.45) is 0 Å². The maximum absolute atomic E-state index is 10.8. The van der Waals surface area contributed by atoms with Crippen LogP contribution in [0.4, 0.5) is 5.82 Å². The minimum Gasteiger partial charge on any atom is -0.478 e. The molecule has 1 aliphatic heterocycles. The minimum atomic E-state index is -1.04. The molecule has 0 saturated carbocycles. The van der Waals surface area contributed by atoms with Crippen LogP contribution in [0.2, 0.25) is 5.02 Å². The quantitative estimate of drug-likeness (QED) is 0.879. The van der Waals surface area contributed by atoms with Crippen molar-refractivity contribution in [1.29, 1.82) is 0 Å². The molecule has 98 valence electrons. The maximum Gasteiger partial charge on any atom is 0.337 e. The molecule has 0 spiro atoms. The average molecular weight is 271 g/mol. The lowest BCUT2D eigenvalue weighted by Gasteiger charge is -2.21. The van der Waals surface area contributed by atoms with E-state index in [2.05, 4.69) is 10.3 Å². The van der Waals surface area contributed by atoms with Crippen molar-refractivity contribution in [3.63, 3.8) is 0 Å². The number of pyridine rings is 1. The van der Waals surface area contributed by atoms with E-state index in [-0.39, 0.29) is 17.7 Å². The van der Waals surface area contributed by atoms with Gasteiger partial charge in [0.1, 0.15) is 5.82 Å². The van der Waals surface area contributed by atoms with Gasteiger partial charge in [0.05, 0.1) is 22.7 Å². The van der Waals surface area contributed by atoms with E-state index in [4.69, 9.17) is 21.4 Å². The van der Waals surface area contributed by atoms with Gasteiger partial charge in [-0.05, 0) is 25.8 Å². The number of halogens is 1. The first kappa shape index (κ1) is 13.1. The van der Waals surface area contributed by atoms with E-state index >= 15 is 0 Å². The van der Waals surface area contributed by atoms with E-state index in [9.17, 15) is 4.79 Å². The van der Waals surface area contributed by atoms with Gasteiger partial charge in [0.2, 0.25) is 0 Å². The second-order valence-corrected chi connectivity index (χ2v) is 4.75. The highest BCUT2D eigenvalue weighted by Crippen LogP contribution is 2.24. The Morgan fingerprint density at radius 2 is 2.50 bits per heavy atom. The molecular formula is C12H15ClN2O3. The van der Waals surface area contributed by atoms with Crippen LogP contribution in [0.3, 0.4) is 0 Å². The molecule has 6 heteroatoms. The molecule has 0 radical (unpaired) electrons. The number of anilines is 1. The molecule has 1 fully saturated rings. The largest absolute Gasteiger partial charge is 0.478 e. The third-order valence-electron chi connectivity index (χ3n) is 2.98. The molecule has 5 nitrogen and oxygen atoms in total. The van der Waals surface area contributed by atoms with Gasteiger partial charge in [0.15, 0.2) is 0 Å². The summed E-state index contributed by atoms with van der Waals surface area (Å²) in [5.74, 6) is -0.548. The smallest absolute Gasteiger partial charge is 0.337 e. The lowest BCUT2D eigenvalue weighted by atomic mass is 10.1. The Balaban J connectivity index is 2.06. The summed E-state index contributed by atoms with van der Waals surface area (Å²) in [7, 11) is 0. The zero-order valence-corrected chi connectivity index (χ0v) is 10.8. The van der Waals surface area contributed by atoms with Crippen molar-refractivity contribution in [1.82, 2.24) is 4.98 Å². The van der Waals surface area contributed by atoms with Crippen LogP contribution < -0.4 is 5.32 Å². The summed E-state index contributed by atoms with van der Waals surface area (Å²) in [5, 5.41) is 12.3. The highest BCUT2D eigenvalue weighted by Gasteiger charge is 2.23. The van der Waals surface area contributed by atoms with Crippen molar-refractivity contribution >= 4 is 23.4 Å². The van der Waals surface area contributed by atoms with E-state index in [1.807, 2.05) is 6.92 Å². The summed E-state index contributed by atoms with van der Waals surface area (Å²) in [6, 6.07) is 1.48. The Kier molecular flexibility index (Phi) is 4.04. The Bertz CT molecular complexity index is 447. The molecule has 1 saturated heterocycles. The minimum absolute atomic E-state index is 0.0790. The van der Waals surface area contributed by atoms with Gasteiger partial charge >= 0.3 is 5.97 Å². The summed E-state index contributed by atoms with van der Waals surface area (Å²) in [6.45, 7) is 2.79. The first-order chi connectivity index (χ1) is 8.58. The van der Waals surface area contributed by atoms with E-state index in [1.165, 1.54) is 12.3 Å². The highest BCUT2D eigenvalue weighted by atomic mass is 35.5. The molecule has 0 aromatic carbocycles. The van der Waals surface area contributed by atoms with Gasteiger partial charge < -0.3 is 15.2 Å². The molecule has 1 aliphatic rings. The van der Waals surface area contributed by atoms with Crippen molar-refractivity contribution in [2.75, 3.05) is 11.9 Å². The van der Waals surface area contributed by atoms with Gasteiger partial charge in [-0.25, -0.2) is 9.78 Å². The summed E-state index contributed by atoms with van der Waals surface area (Å²) in [4.78, 5) is 14.8. The predicted octanol–water partition coefficient (Wildman–Crippen LogP) is 2.41. The summed E-state index contributed by atoms with van der Waals surface area (Å²) < 4.78 is 5.56. The van der Waals surface area contributed by atoms with E-state index in [0.29, 0.717) is 10.8 Å². The Hall–Kier alpha value is -1.33. The van der Waals surface area contributed by atoms with Gasteiger partial charge in [0, 0.05) is 12.8 Å². The topological polar surface area (TPSA) is 71.5 Å². The van der Waals surface area contributed by atoms with Gasteiger partial charge in [-0.1, -0.05) is 11.6 Å². The molecule has 1 aromatic rings. The molecule has 2 rings (SSSR count). The molecule has 18 heavy (non-hydrogen) atoms. The van der Waals surface area contributed by atoms with Gasteiger partial charge in [-0.2, -0.15) is 0 Å². The number of aromatic carboxylic acids is 1. The second kappa shape index (κ2) is 5.54. The summed E-state index contributed by atoms with van der Waals surface area (Å²) in [5.41, 5.74) is 0.0790. The number of carboxylic acid groups (broad SMARTS) is 1. The van der Waals surface area contributed by atoms with Gasteiger partial charge in [-0.3, -0.25) is 0 Å². The monoisotopic (exact) mass is 270 g/mol. The molecule has 0 bridgehead atoms. The standard InChI is InChI=1S/C12H15ClN2O3/c1-7(10-3-2-4-18-10)15-11-9(13)5-8(6-14-11)12(16)17/h5-7,10H,2-4H2,1H3,(H,14,15)(H,16,17). The number of carboxylic acids is 1. The van der Waals surface area contributed by atoms with Crippen LogP contribution in [-0.4, -0.2) is 34.8 Å². The average Bonchev–Trinajstić information content (AvgIpc) is 2.85. The number of aromatic nitrogens is 1. The molecule has 2 N–H and O–H groups in total. The van der Waals surface area contributed by atoms with Crippen molar-refractivity contribution in [3.05, 3.63) is 22.8 Å². The highest BCUT2D eigenvalue weighted by molar-refractivity contribution is 6.33. The Morgan fingerprint density at radius 1 is 1.72 bits per heavy atom. The SMILES string of the molecule is CC(Nc1ncc(C(=O)O)cc1Cl)C1CCCO1. The lowest BCUT2D eigenvalue weighted by molar-refractivity contribution is 0.0696. The number of hydrogen-bond acceptors (Lipinski definition) is 4. The summed E-state index contributed by atoms with van der Waals surface area (Å²) >= 11 is 6.00. The molecule has 2 heterocycles. The van der Waals surface area contributed by atoms with Gasteiger partial charge in [-0.15, -0.1) is 0 Å². The fourth-order valence-electron chi connectivity index (χ4n) is 1.97. The number of carbonyl (C=O) groups is 1. The van der Waals surface area contributed by atoms with E-state index < -0.39 is 5.97 Å². The van der Waals surface area contributed by atoms with Crippen LogP contribution in [-0.2, 0) is 4.74 Å². The Morgan fingerprint density at radius 3 is 3.06 bits per heavy atom. The lowest BCUT2D eigenvalue weighted by Crippen LogP contribution is -2.30. The zero-order valence-electron chi connectivity index (χ0n) is 10.0. The summed E-state index contributed by atoms with van der Waals surface area (Å²) in [6.07, 6.45) is 3.52. The molecule has 0 aliphatic carbocycles. The van der Waals surface area contributed by atoms with Gasteiger partial charge in [0.25, 0.3) is 0 Å². The number of rotatable bonds is 4. The van der Waals surface area contributed by atoms with Crippen LogP contribution in [0, 0.1) is 0 Å². The third-order valence-corrected chi connectivity index (χ3v) is 3.26. The van der Waals surface area contributed by atoms with Crippen molar-refractivity contribution in [2.45, 2.75) is 31.9 Å². The number of ether oxygens (including phenoxy) is 1. The van der Waals surface area contributed by atoms with Crippen LogP contribution in [0.15, 0.2) is 12.3 Å². The first-order valence-electron chi connectivity index (χ1n) is 5.85. The van der Waals surface area contributed by atoms with Crippen molar-refractivity contribution in [3.8, 4) is 0 Å². The second-order valence-electron chi connectivity index (χ2n) is 4.34. The van der Waals surface area contributed by atoms with Crippen LogP contribution in [0.25, 0.3) is 0 Å². The van der Waals surface area contributed by atoms with Crippen LogP contribution >= 0.6 is 11.6 Å². The maximum atomic E-state index is 10.8. The molecular weight excluding hydrogens is 256 g/mol. The normalized spacial score (nSPS) is 20.7. The number of nitrogens with one attached hydrogen (secondary N) is 1. The fourth-order valence-corrected chi connectivity index (χ4v) is 2.19. The Labute approximate surface area is 110 Å². The van der Waals surface area contributed by atoms with Crippen LogP contribution in [0.1, 0.15) is 30.1 Å². The fraction of sp³-hybridized carbons (Fsp3) is 0.500. The zero-order chi connectivity index (χ0) is 13.1. The van der Waals surface area contributed by atoms with E-state index in [1.54, 1.807) is 0 Å². The van der Waals surface area contributed by atoms with Crippen LogP contribution in [0.5, 0.6) is 0 Å². The van der Waals surface area contributed by atoms with Crippen molar-refractivity contribution < 1.29 is 14.6 Å². The van der Waals surface area contributed by atoms with E-state index in [0.717, 1.165) is 19.4 Å². The number of nitrogens with zero attached hydrogens (tertiary/aromatic N) is 1. The predicted molar refractivity (Wildman–Crippen MR) is 68.3 cm³/mol.